The van der Waals surface area contributed by atoms with E-state index in [1.54, 1.807) is 18.2 Å². The normalized spacial score (nSPS) is 28.6. The molecule has 0 radical (unpaired) electrons. The minimum absolute atomic E-state index is 0.147. The van der Waals surface area contributed by atoms with E-state index in [0.717, 1.165) is 19.4 Å². The number of carboxylic acids is 1. The van der Waals surface area contributed by atoms with Crippen LogP contribution in [0.4, 0.5) is 5.69 Å². The fourth-order valence-corrected chi connectivity index (χ4v) is 3.34. The summed E-state index contributed by atoms with van der Waals surface area (Å²) in [6.45, 7) is 0.738. The number of halogens is 1. The molecule has 4 nitrogen and oxygen atoms in total. The molecule has 2 aliphatic heterocycles. The van der Waals surface area contributed by atoms with Crippen LogP contribution in [0.2, 0.25) is 5.02 Å². The number of benzene rings is 1. The number of nitrogens with one attached hydrogen (secondary N) is 1. The standard InChI is InChI=1S/C14H16ClNO3/c15-10-2-1-3-11(13(10)14(17)18)16-7-8-6-9-4-5-12(8)19-9/h1-3,8-9,12,16H,4-7H2,(H,17,18). The lowest BCUT2D eigenvalue weighted by atomic mass is 9.89. The average molecular weight is 282 g/mol. The van der Waals surface area contributed by atoms with E-state index in [1.165, 1.54) is 6.42 Å². The number of hydrogen-bond acceptors (Lipinski definition) is 3. The van der Waals surface area contributed by atoms with E-state index in [1.807, 2.05) is 0 Å². The molecule has 2 bridgehead atoms. The number of anilines is 1. The summed E-state index contributed by atoms with van der Waals surface area (Å²) >= 11 is 5.94. The molecule has 0 spiro atoms. The van der Waals surface area contributed by atoms with Gasteiger partial charge in [0.2, 0.25) is 0 Å². The smallest absolute Gasteiger partial charge is 0.339 e. The van der Waals surface area contributed by atoms with Crippen molar-refractivity contribution in [2.45, 2.75) is 31.5 Å². The van der Waals surface area contributed by atoms with Crippen LogP contribution in [0.1, 0.15) is 29.6 Å². The average Bonchev–Trinajstić information content (AvgIpc) is 2.97. The van der Waals surface area contributed by atoms with Crippen LogP contribution < -0.4 is 5.32 Å². The van der Waals surface area contributed by atoms with Gasteiger partial charge in [-0.25, -0.2) is 4.79 Å². The van der Waals surface area contributed by atoms with Gasteiger partial charge in [-0.2, -0.15) is 0 Å². The van der Waals surface area contributed by atoms with E-state index >= 15 is 0 Å². The third-order valence-electron chi connectivity index (χ3n) is 4.01. The Morgan fingerprint density at radius 3 is 2.95 bits per heavy atom. The summed E-state index contributed by atoms with van der Waals surface area (Å²) in [5.41, 5.74) is 0.732. The first-order valence-electron chi connectivity index (χ1n) is 6.56. The van der Waals surface area contributed by atoms with Gasteiger partial charge in [0.15, 0.2) is 0 Å². The van der Waals surface area contributed by atoms with Crippen LogP contribution >= 0.6 is 11.6 Å². The minimum Gasteiger partial charge on any atom is -0.478 e. The maximum absolute atomic E-state index is 11.2. The van der Waals surface area contributed by atoms with Gasteiger partial charge in [0, 0.05) is 12.5 Å². The van der Waals surface area contributed by atoms with Gasteiger partial charge >= 0.3 is 5.97 Å². The van der Waals surface area contributed by atoms with Crippen LogP contribution in [-0.4, -0.2) is 29.8 Å². The molecule has 102 valence electrons. The van der Waals surface area contributed by atoms with Crippen molar-refractivity contribution in [2.75, 3.05) is 11.9 Å². The zero-order valence-corrected chi connectivity index (χ0v) is 11.2. The number of fused-ring (bicyclic) bond motifs is 2. The highest BCUT2D eigenvalue weighted by atomic mass is 35.5. The fraction of sp³-hybridized carbons (Fsp3) is 0.500. The number of aromatic carboxylic acids is 1. The minimum atomic E-state index is -1.00. The Hall–Kier alpha value is -1.26. The van der Waals surface area contributed by atoms with Crippen molar-refractivity contribution < 1.29 is 14.6 Å². The maximum atomic E-state index is 11.2. The highest BCUT2D eigenvalue weighted by Gasteiger charge is 2.40. The van der Waals surface area contributed by atoms with E-state index in [9.17, 15) is 9.90 Å². The maximum Gasteiger partial charge on any atom is 0.339 e. The number of carboxylic acid groups (broad SMARTS) is 1. The van der Waals surface area contributed by atoms with E-state index in [0.29, 0.717) is 23.8 Å². The van der Waals surface area contributed by atoms with Gasteiger partial charge in [0.1, 0.15) is 5.56 Å². The summed E-state index contributed by atoms with van der Waals surface area (Å²) in [6.07, 6.45) is 4.11. The van der Waals surface area contributed by atoms with Gasteiger partial charge in [-0.05, 0) is 31.4 Å². The van der Waals surface area contributed by atoms with E-state index < -0.39 is 5.97 Å². The van der Waals surface area contributed by atoms with Crippen molar-refractivity contribution in [3.8, 4) is 0 Å². The van der Waals surface area contributed by atoms with Crippen molar-refractivity contribution >= 4 is 23.3 Å². The van der Waals surface area contributed by atoms with Gasteiger partial charge in [-0.1, -0.05) is 17.7 Å². The third kappa shape index (κ3) is 2.42. The molecule has 0 aliphatic carbocycles. The SMILES string of the molecule is O=C(O)c1c(Cl)cccc1NCC1CC2CCC1O2. The summed E-state index contributed by atoms with van der Waals surface area (Å²) in [4.78, 5) is 11.2. The van der Waals surface area contributed by atoms with Crippen molar-refractivity contribution in [1.82, 2.24) is 0 Å². The summed E-state index contributed by atoms with van der Waals surface area (Å²) in [5, 5.41) is 12.7. The molecule has 0 saturated carbocycles. The predicted octanol–water partition coefficient (Wildman–Crippen LogP) is 3.02. The van der Waals surface area contributed by atoms with Crippen LogP contribution in [-0.2, 0) is 4.74 Å². The zero-order valence-electron chi connectivity index (χ0n) is 10.4. The van der Waals surface area contributed by atoms with Crippen LogP contribution in [0.25, 0.3) is 0 Å². The van der Waals surface area contributed by atoms with Crippen LogP contribution in [0.15, 0.2) is 18.2 Å². The second-order valence-corrected chi connectivity index (χ2v) is 5.63. The lowest BCUT2D eigenvalue weighted by Gasteiger charge is -2.20. The second kappa shape index (κ2) is 5.02. The first-order chi connectivity index (χ1) is 9.15. The van der Waals surface area contributed by atoms with Crippen LogP contribution in [0, 0.1) is 5.92 Å². The largest absolute Gasteiger partial charge is 0.478 e. The Kier molecular flexibility index (Phi) is 3.37. The monoisotopic (exact) mass is 281 g/mol. The molecule has 3 unspecified atom stereocenters. The molecule has 1 aromatic carbocycles. The summed E-state index contributed by atoms with van der Waals surface area (Å²) in [7, 11) is 0. The molecule has 2 fully saturated rings. The van der Waals surface area contributed by atoms with Crippen molar-refractivity contribution in [2.24, 2.45) is 5.92 Å². The first-order valence-corrected chi connectivity index (χ1v) is 6.94. The molecule has 2 N–H and O–H groups in total. The van der Waals surface area contributed by atoms with Gasteiger partial charge in [-0.15, -0.1) is 0 Å². The van der Waals surface area contributed by atoms with E-state index in [-0.39, 0.29) is 10.6 Å². The second-order valence-electron chi connectivity index (χ2n) is 5.22. The third-order valence-corrected chi connectivity index (χ3v) is 4.33. The molecule has 2 aliphatic rings. The lowest BCUT2D eigenvalue weighted by molar-refractivity contribution is 0.0698. The molecule has 1 aromatic rings. The van der Waals surface area contributed by atoms with E-state index in [2.05, 4.69) is 5.32 Å². The van der Waals surface area contributed by atoms with Crippen LogP contribution in [0.3, 0.4) is 0 Å². The molecule has 0 amide bonds. The molecule has 2 heterocycles. The summed E-state index contributed by atoms with van der Waals surface area (Å²) in [5.74, 6) is -0.531. The highest BCUT2D eigenvalue weighted by Crippen LogP contribution is 2.39. The topological polar surface area (TPSA) is 58.6 Å². The molecule has 0 aromatic heterocycles. The quantitative estimate of drug-likeness (QED) is 0.891. The van der Waals surface area contributed by atoms with Crippen molar-refractivity contribution in [1.29, 1.82) is 0 Å². The lowest BCUT2D eigenvalue weighted by Crippen LogP contribution is -2.25. The molecular formula is C14H16ClNO3. The number of carbonyl (C=O) groups is 1. The molecule has 5 heteroatoms. The Bertz CT molecular complexity index is 505. The van der Waals surface area contributed by atoms with Gasteiger partial charge in [-0.3, -0.25) is 0 Å². The van der Waals surface area contributed by atoms with Gasteiger partial charge in [0.25, 0.3) is 0 Å². The Labute approximate surface area is 116 Å². The molecule has 3 rings (SSSR count). The van der Waals surface area contributed by atoms with Gasteiger partial charge in [0.05, 0.1) is 22.9 Å². The molecular weight excluding hydrogens is 266 g/mol. The van der Waals surface area contributed by atoms with Crippen molar-refractivity contribution in [3.05, 3.63) is 28.8 Å². The van der Waals surface area contributed by atoms with Gasteiger partial charge < -0.3 is 15.2 Å². The van der Waals surface area contributed by atoms with Crippen molar-refractivity contribution in [3.63, 3.8) is 0 Å². The Morgan fingerprint density at radius 2 is 2.32 bits per heavy atom. The molecule has 3 atom stereocenters. The number of hydrogen-bond donors (Lipinski definition) is 2. The highest BCUT2D eigenvalue weighted by molar-refractivity contribution is 6.34. The van der Waals surface area contributed by atoms with Crippen LogP contribution in [0.5, 0.6) is 0 Å². The number of ether oxygens (including phenoxy) is 1. The fourth-order valence-electron chi connectivity index (χ4n) is 3.09. The molecule has 19 heavy (non-hydrogen) atoms. The Balaban J connectivity index is 1.70. The summed E-state index contributed by atoms with van der Waals surface area (Å²) in [6, 6.07) is 5.11. The Morgan fingerprint density at radius 1 is 1.47 bits per heavy atom. The first kappa shape index (κ1) is 12.8. The van der Waals surface area contributed by atoms with E-state index in [4.69, 9.17) is 16.3 Å². The number of rotatable bonds is 4. The summed E-state index contributed by atoms with van der Waals surface area (Å²) < 4.78 is 5.79. The molecule has 2 saturated heterocycles. The predicted molar refractivity (Wildman–Crippen MR) is 72.9 cm³/mol. The zero-order chi connectivity index (χ0) is 13.4.